The Labute approximate surface area is 187 Å². The standard InChI is InChI=1S/C16H12N6S2.C6H11N/c1-17-16-22-15-14(24-16)21-13(23-15)11-3-2-9(8-6-19-20-7-8)10-4-5-18-12(10)11;1-2-6-3-5-7(6)4-1/h2-7,18H,1H3,(H,17,22)(H,19,20);6H,1-5H2. The summed E-state index contributed by atoms with van der Waals surface area (Å²) < 4.78 is 0. The lowest BCUT2D eigenvalue weighted by Gasteiger charge is -2.34. The van der Waals surface area contributed by atoms with E-state index in [0.29, 0.717) is 0 Å². The largest absolute Gasteiger partial charge is 0.364 e. The third-order valence-corrected chi connectivity index (χ3v) is 8.28. The number of aromatic nitrogens is 5. The molecule has 1 unspecified atom stereocenters. The number of anilines is 1. The first-order chi connectivity index (χ1) is 15.3. The molecule has 0 radical (unpaired) electrons. The molecule has 3 N–H and O–H groups in total. The molecule has 4 aromatic heterocycles. The van der Waals surface area contributed by atoms with E-state index < -0.39 is 0 Å². The Morgan fingerprint density at radius 3 is 2.65 bits per heavy atom. The van der Waals surface area contributed by atoms with Crippen molar-refractivity contribution in [2.75, 3.05) is 25.5 Å². The van der Waals surface area contributed by atoms with Gasteiger partial charge in [-0.05, 0) is 50.0 Å². The van der Waals surface area contributed by atoms with E-state index in [9.17, 15) is 0 Å². The van der Waals surface area contributed by atoms with Crippen molar-refractivity contribution < 1.29 is 0 Å². The zero-order valence-corrected chi connectivity index (χ0v) is 18.8. The molecule has 158 valence electrons. The lowest BCUT2D eigenvalue weighted by Crippen LogP contribution is -2.42. The molecule has 2 fully saturated rings. The molecule has 2 aliphatic rings. The van der Waals surface area contributed by atoms with Crippen LogP contribution in [0.4, 0.5) is 5.13 Å². The van der Waals surface area contributed by atoms with Crippen LogP contribution in [0.1, 0.15) is 19.3 Å². The Morgan fingerprint density at radius 1 is 1.06 bits per heavy atom. The second kappa shape index (κ2) is 7.74. The van der Waals surface area contributed by atoms with Crippen LogP contribution in [0.25, 0.3) is 42.3 Å². The van der Waals surface area contributed by atoms with Gasteiger partial charge in [-0.2, -0.15) is 5.10 Å². The van der Waals surface area contributed by atoms with Gasteiger partial charge in [-0.25, -0.2) is 9.97 Å². The van der Waals surface area contributed by atoms with Crippen LogP contribution in [0.2, 0.25) is 0 Å². The van der Waals surface area contributed by atoms with Gasteiger partial charge in [-0.15, -0.1) is 0 Å². The van der Waals surface area contributed by atoms with Gasteiger partial charge in [0.15, 0.2) is 14.8 Å². The quantitative estimate of drug-likeness (QED) is 0.353. The molecule has 0 saturated carbocycles. The third-order valence-electron chi connectivity index (χ3n) is 6.20. The van der Waals surface area contributed by atoms with Gasteiger partial charge in [-0.1, -0.05) is 28.7 Å². The second-order valence-corrected chi connectivity index (χ2v) is 9.89. The third kappa shape index (κ3) is 3.33. The Hall–Kier alpha value is -2.75. The molecular formula is C22H23N7S2. The summed E-state index contributed by atoms with van der Waals surface area (Å²) in [6.07, 6.45) is 10.1. The number of fused-ring (bicyclic) bond motifs is 3. The maximum atomic E-state index is 4.77. The van der Waals surface area contributed by atoms with E-state index in [2.05, 4.69) is 48.6 Å². The number of rotatable bonds is 3. The van der Waals surface area contributed by atoms with Crippen molar-refractivity contribution >= 4 is 48.4 Å². The lowest BCUT2D eigenvalue weighted by molar-refractivity contribution is 0.141. The smallest absolute Gasteiger partial charge is 0.185 e. The number of hydrogen-bond acceptors (Lipinski definition) is 7. The maximum Gasteiger partial charge on any atom is 0.185 e. The zero-order chi connectivity index (χ0) is 20.8. The van der Waals surface area contributed by atoms with E-state index in [1.807, 2.05) is 25.6 Å². The van der Waals surface area contributed by atoms with Crippen molar-refractivity contribution in [2.45, 2.75) is 25.3 Å². The van der Waals surface area contributed by atoms with Crippen LogP contribution >= 0.6 is 22.7 Å². The fraction of sp³-hybridized carbons (Fsp3) is 0.318. The molecule has 0 amide bonds. The van der Waals surface area contributed by atoms with Crippen molar-refractivity contribution in [3.05, 3.63) is 36.8 Å². The molecule has 2 saturated heterocycles. The monoisotopic (exact) mass is 449 g/mol. The summed E-state index contributed by atoms with van der Waals surface area (Å²) in [5.41, 5.74) is 4.41. The molecule has 1 aromatic carbocycles. The lowest BCUT2D eigenvalue weighted by atomic mass is 10.0. The number of hydrogen-bond donors (Lipinski definition) is 3. The second-order valence-electron chi connectivity index (χ2n) is 7.93. The van der Waals surface area contributed by atoms with E-state index in [0.717, 1.165) is 53.4 Å². The van der Waals surface area contributed by atoms with Crippen LogP contribution < -0.4 is 5.32 Å². The van der Waals surface area contributed by atoms with Gasteiger partial charge in [0.25, 0.3) is 0 Å². The van der Waals surface area contributed by atoms with Crippen LogP contribution in [0.5, 0.6) is 0 Å². The molecule has 9 heteroatoms. The summed E-state index contributed by atoms with van der Waals surface area (Å²) in [7, 11) is 1.88. The first kappa shape index (κ1) is 19.0. The number of H-pyrrole nitrogens is 2. The van der Waals surface area contributed by atoms with Gasteiger partial charge < -0.3 is 15.2 Å². The van der Waals surface area contributed by atoms with Crippen LogP contribution in [0.3, 0.4) is 0 Å². The van der Waals surface area contributed by atoms with Gasteiger partial charge in [0.2, 0.25) is 0 Å². The highest BCUT2D eigenvalue weighted by Crippen LogP contribution is 2.39. The Balaban J connectivity index is 0.000000223. The molecule has 7 nitrogen and oxygen atoms in total. The van der Waals surface area contributed by atoms with E-state index in [1.54, 1.807) is 22.7 Å². The summed E-state index contributed by atoms with van der Waals surface area (Å²) in [5.74, 6) is 0. The number of nitrogens with one attached hydrogen (secondary N) is 3. The number of nitrogens with zero attached hydrogens (tertiary/aromatic N) is 4. The normalized spacial score (nSPS) is 18.0. The molecule has 0 aliphatic carbocycles. The summed E-state index contributed by atoms with van der Waals surface area (Å²) in [5, 5.41) is 13.0. The average molecular weight is 450 g/mol. The minimum atomic E-state index is 0.899. The van der Waals surface area contributed by atoms with Crippen LogP contribution in [-0.2, 0) is 0 Å². The minimum Gasteiger partial charge on any atom is -0.364 e. The van der Waals surface area contributed by atoms with Crippen LogP contribution in [-0.4, -0.2) is 56.2 Å². The zero-order valence-electron chi connectivity index (χ0n) is 17.2. The van der Waals surface area contributed by atoms with Crippen molar-refractivity contribution in [3.8, 4) is 21.7 Å². The maximum absolute atomic E-state index is 4.77. The van der Waals surface area contributed by atoms with Crippen LogP contribution in [0.15, 0.2) is 36.8 Å². The SMILES string of the molecule is C1CC2CCN2C1.CNc1nc2sc(-c3ccc(-c4cn[nH]c4)c4cc[nH]c34)nc2s1. The highest BCUT2D eigenvalue weighted by Gasteiger charge is 2.31. The van der Waals surface area contributed by atoms with Gasteiger partial charge >= 0.3 is 0 Å². The topological polar surface area (TPSA) is 85.5 Å². The number of benzene rings is 1. The van der Waals surface area contributed by atoms with E-state index in [-0.39, 0.29) is 0 Å². The fourth-order valence-corrected chi connectivity index (χ4v) is 6.42. The summed E-state index contributed by atoms with van der Waals surface area (Å²) in [4.78, 5) is 17.2. The summed E-state index contributed by atoms with van der Waals surface area (Å²) in [6, 6.07) is 7.36. The average Bonchev–Trinajstić information content (AvgIpc) is 3.56. The number of aromatic amines is 2. The molecular weight excluding hydrogens is 426 g/mol. The predicted molar refractivity (Wildman–Crippen MR) is 129 cm³/mol. The van der Waals surface area contributed by atoms with E-state index in [4.69, 9.17) is 4.98 Å². The molecule has 2 aliphatic heterocycles. The van der Waals surface area contributed by atoms with Gasteiger partial charge in [0.05, 0.1) is 11.7 Å². The molecule has 7 rings (SSSR count). The molecule has 5 aromatic rings. The van der Waals surface area contributed by atoms with Gasteiger partial charge in [0.1, 0.15) is 5.01 Å². The molecule has 31 heavy (non-hydrogen) atoms. The van der Waals surface area contributed by atoms with Crippen molar-refractivity contribution in [1.82, 2.24) is 30.0 Å². The van der Waals surface area contributed by atoms with Crippen LogP contribution in [0, 0.1) is 0 Å². The van der Waals surface area contributed by atoms with E-state index >= 15 is 0 Å². The Bertz CT molecular complexity index is 1290. The number of thiazole rings is 2. The highest BCUT2D eigenvalue weighted by atomic mass is 32.1. The summed E-state index contributed by atoms with van der Waals surface area (Å²) >= 11 is 3.19. The van der Waals surface area contributed by atoms with E-state index in [1.165, 1.54) is 32.4 Å². The minimum absolute atomic E-state index is 0.899. The first-order valence-corrected chi connectivity index (χ1v) is 12.2. The summed E-state index contributed by atoms with van der Waals surface area (Å²) in [6.45, 7) is 2.79. The Morgan fingerprint density at radius 2 is 1.97 bits per heavy atom. The van der Waals surface area contributed by atoms with Gasteiger partial charge in [0, 0.05) is 42.0 Å². The fourth-order valence-electron chi connectivity index (χ4n) is 4.49. The molecule has 1 atom stereocenters. The van der Waals surface area contributed by atoms with Crippen molar-refractivity contribution in [2.24, 2.45) is 0 Å². The Kier molecular flexibility index (Phi) is 4.74. The first-order valence-electron chi connectivity index (χ1n) is 10.6. The van der Waals surface area contributed by atoms with Crippen molar-refractivity contribution in [3.63, 3.8) is 0 Å². The molecule has 0 bridgehead atoms. The molecule has 6 heterocycles. The van der Waals surface area contributed by atoms with Gasteiger partial charge in [-0.3, -0.25) is 5.10 Å². The molecule has 0 spiro atoms. The van der Waals surface area contributed by atoms with Crippen molar-refractivity contribution in [1.29, 1.82) is 0 Å². The predicted octanol–water partition coefficient (Wildman–Crippen LogP) is 5.19. The highest BCUT2D eigenvalue weighted by molar-refractivity contribution is 7.29.